The Morgan fingerprint density at radius 3 is 1.73 bits per heavy atom. The molecule has 0 saturated carbocycles. The van der Waals surface area contributed by atoms with Crippen molar-refractivity contribution >= 4 is 24.0 Å². The molecule has 10 nitrogen and oxygen atoms in total. The van der Waals surface area contributed by atoms with Gasteiger partial charge in [0.15, 0.2) is 0 Å². The molecular formula is C39H50N4O6. The van der Waals surface area contributed by atoms with Crippen LogP contribution in [-0.4, -0.2) is 69.7 Å². The standard InChI is InChI=1S/C39H50N4O6/c1-37(2,3)48-35(46)41-32(26-29-16-10-7-11-17-29)33(44)43(28-31-20-14-9-15-21-31)39(34(45)40-27-30-18-12-8-13-19-30)22-24-42(25-23-39)36(47)49-38(4,5)6/h7-21,32H,22-28H2,1-6H3,(H,40,45)(H,41,46)/t32-/m0/s1. The smallest absolute Gasteiger partial charge is 0.410 e. The molecule has 1 aliphatic heterocycles. The maximum atomic E-state index is 15.0. The van der Waals surface area contributed by atoms with E-state index < -0.39 is 40.9 Å². The summed E-state index contributed by atoms with van der Waals surface area (Å²) in [6.07, 6.45) is -0.703. The highest BCUT2D eigenvalue weighted by molar-refractivity contribution is 5.94. The third kappa shape index (κ3) is 10.8. The highest BCUT2D eigenvalue weighted by Crippen LogP contribution is 2.33. The first-order valence-corrected chi connectivity index (χ1v) is 16.8. The molecule has 0 radical (unpaired) electrons. The Morgan fingerprint density at radius 2 is 1.22 bits per heavy atom. The van der Waals surface area contributed by atoms with Crippen molar-refractivity contribution in [3.05, 3.63) is 108 Å². The first kappa shape index (κ1) is 37.0. The van der Waals surface area contributed by atoms with Crippen LogP contribution in [0, 0.1) is 0 Å². The molecular weight excluding hydrogens is 620 g/mol. The van der Waals surface area contributed by atoms with Gasteiger partial charge in [-0.25, -0.2) is 9.59 Å². The van der Waals surface area contributed by atoms with Crippen LogP contribution in [0.1, 0.15) is 71.1 Å². The Balaban J connectivity index is 1.75. The molecule has 0 spiro atoms. The van der Waals surface area contributed by atoms with Crippen LogP contribution in [0.4, 0.5) is 9.59 Å². The van der Waals surface area contributed by atoms with Gasteiger partial charge in [0, 0.05) is 32.6 Å². The van der Waals surface area contributed by atoms with Crippen LogP contribution in [0.15, 0.2) is 91.0 Å². The van der Waals surface area contributed by atoms with Crippen LogP contribution in [0.3, 0.4) is 0 Å². The van der Waals surface area contributed by atoms with Gasteiger partial charge in [0.25, 0.3) is 0 Å². The summed E-state index contributed by atoms with van der Waals surface area (Å²) in [5.41, 5.74) is -0.278. The lowest BCUT2D eigenvalue weighted by atomic mass is 9.83. The van der Waals surface area contributed by atoms with E-state index in [0.717, 1.165) is 16.7 Å². The summed E-state index contributed by atoms with van der Waals surface area (Å²) in [7, 11) is 0. The number of ether oxygens (including phenoxy) is 2. The second-order valence-corrected chi connectivity index (χ2v) is 14.5. The highest BCUT2D eigenvalue weighted by Gasteiger charge is 2.50. The second-order valence-electron chi connectivity index (χ2n) is 14.5. The van der Waals surface area contributed by atoms with Crippen LogP contribution in [-0.2, 0) is 38.6 Å². The van der Waals surface area contributed by atoms with E-state index in [1.807, 2.05) is 91.0 Å². The number of likely N-dealkylation sites (tertiary alicyclic amines) is 1. The normalized spacial score (nSPS) is 15.0. The van der Waals surface area contributed by atoms with E-state index in [1.54, 1.807) is 51.3 Å². The lowest BCUT2D eigenvalue weighted by Crippen LogP contribution is -2.67. The number of carbonyl (C=O) groups excluding carboxylic acids is 4. The van der Waals surface area contributed by atoms with E-state index in [1.165, 1.54) is 0 Å². The van der Waals surface area contributed by atoms with E-state index in [4.69, 9.17) is 9.47 Å². The van der Waals surface area contributed by atoms with E-state index in [9.17, 15) is 14.4 Å². The molecule has 1 aliphatic rings. The SMILES string of the molecule is CC(C)(C)OC(=O)N[C@@H](Cc1ccccc1)C(=O)N(Cc1ccccc1)C1(C(=O)NCc2ccccc2)CCN(C(=O)OC(C)(C)C)CC1. The van der Waals surface area contributed by atoms with Gasteiger partial charge >= 0.3 is 12.2 Å². The monoisotopic (exact) mass is 670 g/mol. The molecule has 4 amide bonds. The summed E-state index contributed by atoms with van der Waals surface area (Å²) in [5, 5.41) is 5.92. The van der Waals surface area contributed by atoms with Crippen molar-refractivity contribution in [3.63, 3.8) is 0 Å². The minimum absolute atomic E-state index is 0.103. The van der Waals surface area contributed by atoms with E-state index in [2.05, 4.69) is 10.6 Å². The number of carbonyl (C=O) groups is 4. The van der Waals surface area contributed by atoms with Crippen molar-refractivity contribution < 1.29 is 28.7 Å². The van der Waals surface area contributed by atoms with Crippen LogP contribution >= 0.6 is 0 Å². The maximum Gasteiger partial charge on any atom is 0.410 e. The van der Waals surface area contributed by atoms with Crippen molar-refractivity contribution in [1.82, 2.24) is 20.4 Å². The zero-order valence-electron chi connectivity index (χ0n) is 29.5. The summed E-state index contributed by atoms with van der Waals surface area (Å²) in [5.74, 6) is -0.764. The molecule has 0 unspecified atom stereocenters. The largest absolute Gasteiger partial charge is 0.444 e. The van der Waals surface area contributed by atoms with Gasteiger partial charge in [0.1, 0.15) is 22.8 Å². The number of hydrogen-bond acceptors (Lipinski definition) is 6. The summed E-state index contributed by atoms with van der Waals surface area (Å²) in [6.45, 7) is 11.4. The number of alkyl carbamates (subject to hydrolysis) is 1. The summed E-state index contributed by atoms with van der Waals surface area (Å²) >= 11 is 0. The predicted octanol–water partition coefficient (Wildman–Crippen LogP) is 6.24. The topological polar surface area (TPSA) is 117 Å². The number of nitrogens with one attached hydrogen (secondary N) is 2. The van der Waals surface area contributed by atoms with Crippen molar-refractivity contribution in [3.8, 4) is 0 Å². The lowest BCUT2D eigenvalue weighted by Gasteiger charge is -2.48. The number of rotatable bonds is 10. The van der Waals surface area contributed by atoms with Gasteiger partial charge in [0.05, 0.1) is 0 Å². The van der Waals surface area contributed by atoms with E-state index >= 15 is 4.79 Å². The number of benzene rings is 3. The first-order valence-electron chi connectivity index (χ1n) is 16.8. The molecule has 4 rings (SSSR count). The molecule has 0 bridgehead atoms. The molecule has 49 heavy (non-hydrogen) atoms. The van der Waals surface area contributed by atoms with Crippen LogP contribution in [0.5, 0.6) is 0 Å². The fourth-order valence-electron chi connectivity index (χ4n) is 5.84. The Hall–Kier alpha value is -4.86. The van der Waals surface area contributed by atoms with Crippen molar-refractivity contribution in [2.45, 2.75) is 96.7 Å². The van der Waals surface area contributed by atoms with Crippen LogP contribution in [0.2, 0.25) is 0 Å². The van der Waals surface area contributed by atoms with Crippen LogP contribution in [0.25, 0.3) is 0 Å². The molecule has 1 atom stereocenters. The number of hydrogen-bond donors (Lipinski definition) is 2. The van der Waals surface area contributed by atoms with E-state index in [-0.39, 0.29) is 51.3 Å². The minimum atomic E-state index is -1.36. The molecule has 1 fully saturated rings. The third-order valence-electron chi connectivity index (χ3n) is 8.20. The van der Waals surface area contributed by atoms with Gasteiger partial charge in [-0.3, -0.25) is 9.59 Å². The molecule has 2 N–H and O–H groups in total. The Kier molecular flexibility index (Phi) is 12.1. The zero-order chi connectivity index (χ0) is 35.7. The quantitative estimate of drug-likeness (QED) is 0.264. The molecule has 0 aromatic heterocycles. The fraction of sp³-hybridized carbons (Fsp3) is 0.436. The van der Waals surface area contributed by atoms with Gasteiger partial charge < -0.3 is 29.9 Å². The van der Waals surface area contributed by atoms with Crippen molar-refractivity contribution in [2.24, 2.45) is 0 Å². The average molecular weight is 671 g/mol. The number of amides is 4. The minimum Gasteiger partial charge on any atom is -0.444 e. The van der Waals surface area contributed by atoms with Crippen LogP contribution < -0.4 is 10.6 Å². The number of piperidine rings is 1. The Bertz CT molecular complexity index is 1540. The predicted molar refractivity (Wildman–Crippen MR) is 188 cm³/mol. The van der Waals surface area contributed by atoms with Gasteiger partial charge in [-0.05, 0) is 71.1 Å². The summed E-state index contributed by atoms with van der Waals surface area (Å²) in [4.78, 5) is 59.1. The van der Waals surface area contributed by atoms with Crippen molar-refractivity contribution in [1.29, 1.82) is 0 Å². The molecule has 1 saturated heterocycles. The van der Waals surface area contributed by atoms with Gasteiger partial charge in [-0.15, -0.1) is 0 Å². The molecule has 10 heteroatoms. The molecule has 1 heterocycles. The summed E-state index contributed by atoms with van der Waals surface area (Å²) < 4.78 is 11.2. The first-order chi connectivity index (χ1) is 23.1. The fourth-order valence-corrected chi connectivity index (χ4v) is 5.84. The molecule has 262 valence electrons. The van der Waals surface area contributed by atoms with Crippen molar-refractivity contribution in [2.75, 3.05) is 13.1 Å². The summed E-state index contributed by atoms with van der Waals surface area (Å²) in [6, 6.07) is 27.4. The molecule has 3 aromatic rings. The Morgan fingerprint density at radius 1 is 0.735 bits per heavy atom. The third-order valence-corrected chi connectivity index (χ3v) is 8.20. The van der Waals surface area contributed by atoms with Gasteiger partial charge in [-0.2, -0.15) is 0 Å². The lowest BCUT2D eigenvalue weighted by molar-refractivity contribution is -0.154. The van der Waals surface area contributed by atoms with Gasteiger partial charge in [0.2, 0.25) is 11.8 Å². The highest BCUT2D eigenvalue weighted by atomic mass is 16.6. The maximum absolute atomic E-state index is 15.0. The Labute approximate surface area is 290 Å². The molecule has 0 aliphatic carbocycles. The average Bonchev–Trinajstić information content (AvgIpc) is 3.05. The zero-order valence-corrected chi connectivity index (χ0v) is 29.5. The van der Waals surface area contributed by atoms with E-state index in [0.29, 0.717) is 0 Å². The number of nitrogens with zero attached hydrogens (tertiary/aromatic N) is 2. The second kappa shape index (κ2) is 16.0. The molecule has 3 aromatic carbocycles. The van der Waals surface area contributed by atoms with Gasteiger partial charge in [-0.1, -0.05) is 91.0 Å².